The van der Waals surface area contributed by atoms with Gasteiger partial charge in [0.15, 0.2) is 0 Å². The molecule has 114 valence electrons. The van der Waals surface area contributed by atoms with Gasteiger partial charge in [-0.1, -0.05) is 0 Å². The molecule has 0 radical (unpaired) electrons. The van der Waals surface area contributed by atoms with E-state index in [1.165, 1.54) is 31.0 Å². The highest BCUT2D eigenvalue weighted by molar-refractivity contribution is 8.14. The number of anilines is 1. The molecule has 1 saturated heterocycles. The van der Waals surface area contributed by atoms with Gasteiger partial charge in [0.25, 0.3) is 0 Å². The van der Waals surface area contributed by atoms with Crippen LogP contribution in [0.3, 0.4) is 0 Å². The number of carboxylic acid groups (broad SMARTS) is 1. The lowest BCUT2D eigenvalue weighted by atomic mass is 10.1. The number of benzene rings is 1. The molecule has 1 N–H and O–H groups in total. The molecule has 1 heterocycles. The summed E-state index contributed by atoms with van der Waals surface area (Å²) < 4.78 is 2.34. The quantitative estimate of drug-likeness (QED) is 0.686. The van der Waals surface area contributed by atoms with Gasteiger partial charge in [-0.15, -0.1) is 0 Å². The van der Waals surface area contributed by atoms with Crippen LogP contribution in [0, 0.1) is 0 Å². The van der Waals surface area contributed by atoms with E-state index in [4.69, 9.17) is 5.11 Å². The van der Waals surface area contributed by atoms with Gasteiger partial charge in [0, 0.05) is 32.6 Å². The van der Waals surface area contributed by atoms with Crippen molar-refractivity contribution in [3.8, 4) is 0 Å². The van der Waals surface area contributed by atoms with Crippen LogP contribution < -0.4 is 4.90 Å². The van der Waals surface area contributed by atoms with Gasteiger partial charge in [-0.25, -0.2) is 4.58 Å². The topological polar surface area (TPSA) is 43.6 Å². The van der Waals surface area contributed by atoms with Crippen molar-refractivity contribution in [2.75, 3.05) is 37.8 Å². The maximum atomic E-state index is 10.9. The summed E-state index contributed by atoms with van der Waals surface area (Å²) in [7, 11) is 4.03. The third-order valence-electron chi connectivity index (χ3n) is 3.61. The number of carbonyl (C=O) groups is 1. The monoisotopic (exact) mass is 307 g/mol. The van der Waals surface area contributed by atoms with E-state index in [0.717, 1.165) is 29.4 Å². The van der Waals surface area contributed by atoms with Gasteiger partial charge in [-0.05, 0) is 42.4 Å². The molecule has 1 aromatic rings. The Hall–Kier alpha value is -1.49. The zero-order valence-corrected chi connectivity index (χ0v) is 13.5. The summed E-state index contributed by atoms with van der Waals surface area (Å²) in [4.78, 5) is 13.0. The van der Waals surface area contributed by atoms with Crippen LogP contribution in [0.15, 0.2) is 24.3 Å². The Morgan fingerprint density at radius 2 is 1.81 bits per heavy atom. The number of aliphatic carboxylic acids is 1. The first-order valence-electron chi connectivity index (χ1n) is 7.32. The summed E-state index contributed by atoms with van der Waals surface area (Å²) in [6, 6.07) is 8.35. The van der Waals surface area contributed by atoms with Crippen molar-refractivity contribution in [1.82, 2.24) is 0 Å². The van der Waals surface area contributed by atoms with E-state index >= 15 is 0 Å². The smallest absolute Gasteiger partial charge is 0.314 e. The fraction of sp³-hybridized carbons (Fsp3) is 0.500. The van der Waals surface area contributed by atoms with Crippen LogP contribution in [-0.4, -0.2) is 53.6 Å². The Labute approximate surface area is 130 Å². The Bertz CT molecular complexity index is 516. The Morgan fingerprint density at radius 3 is 2.33 bits per heavy atom. The van der Waals surface area contributed by atoms with Crippen LogP contribution in [-0.2, 0) is 4.79 Å². The maximum Gasteiger partial charge on any atom is 0.314 e. The van der Waals surface area contributed by atoms with Crippen molar-refractivity contribution in [2.24, 2.45) is 0 Å². The SMILES string of the molecule is CN(C)c1ccc(C(SCC(=O)O)=[N+]2CCCCC2)cc1. The number of carboxylic acids is 1. The third-order valence-corrected chi connectivity index (χ3v) is 4.76. The normalized spacial score (nSPS) is 14.9. The minimum atomic E-state index is -0.764. The first kappa shape index (κ1) is 15.9. The molecule has 1 aliphatic rings. The molecule has 5 heteroatoms. The van der Waals surface area contributed by atoms with Gasteiger partial charge in [0.05, 0.1) is 5.56 Å². The van der Waals surface area contributed by atoms with E-state index in [1.807, 2.05) is 14.1 Å². The molecule has 0 bridgehead atoms. The number of thioether (sulfide) groups is 1. The van der Waals surface area contributed by atoms with Gasteiger partial charge in [-0.2, -0.15) is 0 Å². The van der Waals surface area contributed by atoms with Crippen molar-refractivity contribution in [3.05, 3.63) is 29.8 Å². The van der Waals surface area contributed by atoms with E-state index in [-0.39, 0.29) is 5.75 Å². The van der Waals surface area contributed by atoms with Gasteiger partial charge in [-0.3, -0.25) is 4.79 Å². The second kappa shape index (κ2) is 7.50. The molecule has 0 aliphatic carbocycles. The molecule has 0 spiro atoms. The molecule has 0 aromatic heterocycles. The summed E-state index contributed by atoms with van der Waals surface area (Å²) in [6.45, 7) is 2.05. The van der Waals surface area contributed by atoms with Crippen LogP contribution in [0.5, 0.6) is 0 Å². The molecular weight excluding hydrogens is 284 g/mol. The molecule has 1 fully saturated rings. The summed E-state index contributed by atoms with van der Waals surface area (Å²) in [5, 5.41) is 10.1. The van der Waals surface area contributed by atoms with Crippen molar-refractivity contribution >= 4 is 28.5 Å². The first-order chi connectivity index (χ1) is 10.1. The minimum absolute atomic E-state index is 0.112. The van der Waals surface area contributed by atoms with E-state index in [2.05, 4.69) is 33.7 Å². The molecule has 1 aliphatic heterocycles. The van der Waals surface area contributed by atoms with Crippen LogP contribution in [0.1, 0.15) is 24.8 Å². The minimum Gasteiger partial charge on any atom is -0.481 e. The predicted molar refractivity (Wildman–Crippen MR) is 88.8 cm³/mol. The van der Waals surface area contributed by atoms with Crippen molar-refractivity contribution in [3.63, 3.8) is 0 Å². The summed E-state index contributed by atoms with van der Waals surface area (Å²) in [5.74, 6) is -0.652. The van der Waals surface area contributed by atoms with Crippen molar-refractivity contribution < 1.29 is 14.5 Å². The van der Waals surface area contributed by atoms with E-state index < -0.39 is 5.97 Å². The van der Waals surface area contributed by atoms with Crippen molar-refractivity contribution in [2.45, 2.75) is 19.3 Å². The highest BCUT2D eigenvalue weighted by atomic mass is 32.2. The molecule has 4 nitrogen and oxygen atoms in total. The highest BCUT2D eigenvalue weighted by Crippen LogP contribution is 2.20. The largest absolute Gasteiger partial charge is 0.481 e. The molecule has 2 rings (SSSR count). The molecule has 0 saturated carbocycles. The lowest BCUT2D eigenvalue weighted by Gasteiger charge is -2.15. The van der Waals surface area contributed by atoms with E-state index in [0.29, 0.717) is 0 Å². The molecule has 1 aromatic carbocycles. The average molecular weight is 307 g/mol. The summed E-state index contributed by atoms with van der Waals surface area (Å²) in [6.07, 6.45) is 3.65. The maximum absolute atomic E-state index is 10.9. The predicted octanol–water partition coefficient (Wildman–Crippen LogP) is 2.51. The fourth-order valence-electron chi connectivity index (χ4n) is 2.49. The molecule has 0 amide bonds. The van der Waals surface area contributed by atoms with E-state index in [9.17, 15) is 4.79 Å². The average Bonchev–Trinajstić information content (AvgIpc) is 2.49. The second-order valence-corrected chi connectivity index (χ2v) is 6.44. The number of piperidine rings is 1. The van der Waals surface area contributed by atoms with Crippen LogP contribution in [0.25, 0.3) is 0 Å². The van der Waals surface area contributed by atoms with Gasteiger partial charge in [0.2, 0.25) is 5.04 Å². The summed E-state index contributed by atoms with van der Waals surface area (Å²) in [5.41, 5.74) is 2.27. The van der Waals surface area contributed by atoms with Gasteiger partial charge < -0.3 is 10.0 Å². The number of nitrogens with zero attached hydrogens (tertiary/aromatic N) is 2. The van der Waals surface area contributed by atoms with E-state index in [1.54, 1.807) is 0 Å². The second-order valence-electron chi connectivity index (χ2n) is 5.48. The highest BCUT2D eigenvalue weighted by Gasteiger charge is 2.21. The fourth-order valence-corrected chi connectivity index (χ4v) is 3.41. The number of rotatable bonds is 4. The number of hydrogen-bond donors (Lipinski definition) is 1. The van der Waals surface area contributed by atoms with Gasteiger partial charge >= 0.3 is 5.97 Å². The Balaban J connectivity index is 2.27. The van der Waals surface area contributed by atoms with Crippen LogP contribution in [0.4, 0.5) is 5.69 Å². The lowest BCUT2D eigenvalue weighted by Crippen LogP contribution is -2.27. The number of hydrogen-bond acceptors (Lipinski definition) is 3. The molecule has 21 heavy (non-hydrogen) atoms. The third kappa shape index (κ3) is 4.49. The Morgan fingerprint density at radius 1 is 1.19 bits per heavy atom. The van der Waals surface area contributed by atoms with Crippen LogP contribution in [0.2, 0.25) is 0 Å². The Kier molecular flexibility index (Phi) is 5.67. The lowest BCUT2D eigenvalue weighted by molar-refractivity contribution is -0.534. The summed E-state index contributed by atoms with van der Waals surface area (Å²) >= 11 is 1.43. The first-order valence-corrected chi connectivity index (χ1v) is 8.31. The van der Waals surface area contributed by atoms with Crippen molar-refractivity contribution in [1.29, 1.82) is 0 Å². The molecular formula is C16H23N2O2S+. The zero-order chi connectivity index (χ0) is 15.2. The van der Waals surface area contributed by atoms with Crippen LogP contribution >= 0.6 is 11.8 Å². The molecule has 0 unspecified atom stereocenters. The zero-order valence-electron chi connectivity index (χ0n) is 12.7. The van der Waals surface area contributed by atoms with Gasteiger partial charge in [0.1, 0.15) is 18.8 Å². The molecule has 0 atom stereocenters. The standard InChI is InChI=1S/C16H22N2O2S/c1-17(2)14-8-6-13(7-9-14)16(21-12-15(19)20)18-10-4-3-5-11-18/h6-9H,3-5,10-12H2,1-2H3/p+1.